The molecule has 1 amide bonds. The van der Waals surface area contributed by atoms with Gasteiger partial charge in [0.25, 0.3) is 0 Å². The Kier molecular flexibility index (Phi) is 8.25. The van der Waals surface area contributed by atoms with Crippen molar-refractivity contribution in [3.8, 4) is 11.1 Å². The van der Waals surface area contributed by atoms with Gasteiger partial charge < -0.3 is 19.9 Å². The second-order valence-corrected chi connectivity index (χ2v) is 10.4. The number of hydrogen-bond acceptors (Lipinski definition) is 8. The molecule has 3 aromatic rings. The number of likely N-dealkylation sites (N-methyl/N-ethyl adjacent to an activating group) is 1. The number of nitrogens with zero attached hydrogens (tertiary/aromatic N) is 4. The molecule has 0 radical (unpaired) electrons. The van der Waals surface area contributed by atoms with Gasteiger partial charge in [0.05, 0.1) is 11.9 Å². The van der Waals surface area contributed by atoms with Gasteiger partial charge in [-0.1, -0.05) is 18.2 Å². The molecule has 9 nitrogen and oxygen atoms in total. The summed E-state index contributed by atoms with van der Waals surface area (Å²) in [4.78, 5) is 25.6. The first-order valence-corrected chi connectivity index (χ1v) is 12.6. The smallest absolute Gasteiger partial charge is 0.422 e. The van der Waals surface area contributed by atoms with Crippen LogP contribution < -0.4 is 21.1 Å². The van der Waals surface area contributed by atoms with Crippen LogP contribution in [0.5, 0.6) is 0 Å². The average Bonchev–Trinajstić information content (AvgIpc) is 2.85. The molecule has 4 rings (SSSR count). The van der Waals surface area contributed by atoms with E-state index in [-0.39, 0.29) is 0 Å². The normalized spacial score (nSPS) is 14.4. The predicted octanol–water partition coefficient (Wildman–Crippen LogP) is 4.48. The van der Waals surface area contributed by atoms with Crippen LogP contribution in [0.15, 0.2) is 54.9 Å². The molecule has 0 aliphatic carbocycles. The van der Waals surface area contributed by atoms with Gasteiger partial charge in [-0.15, -0.1) is 0 Å². The van der Waals surface area contributed by atoms with E-state index in [4.69, 9.17) is 4.74 Å². The third-order valence-corrected chi connectivity index (χ3v) is 6.18. The first kappa shape index (κ1) is 26.4. The number of anilines is 3. The Bertz CT molecular complexity index is 1200. The SMILES string of the molecule is Cc1cc(-c2ccnc(Nc3ccc(N4CCN(C)CC4)cn3)c2)ccc1CNNC(=O)OC(C)(C)C. The Labute approximate surface area is 219 Å². The fourth-order valence-corrected chi connectivity index (χ4v) is 4.11. The summed E-state index contributed by atoms with van der Waals surface area (Å²) in [5.41, 5.74) is 10.5. The molecule has 1 saturated heterocycles. The molecule has 2 aromatic heterocycles. The molecule has 196 valence electrons. The lowest BCUT2D eigenvalue weighted by atomic mass is 10.0. The number of aromatic nitrogens is 2. The Balaban J connectivity index is 1.35. The van der Waals surface area contributed by atoms with E-state index in [1.807, 2.05) is 45.2 Å². The molecule has 1 fully saturated rings. The van der Waals surface area contributed by atoms with Crippen molar-refractivity contribution >= 4 is 23.4 Å². The number of hydrogen-bond donors (Lipinski definition) is 3. The number of hydrazine groups is 1. The number of aryl methyl sites for hydroxylation is 1. The number of pyridine rings is 2. The van der Waals surface area contributed by atoms with Gasteiger partial charge in [-0.3, -0.25) is 5.43 Å². The highest BCUT2D eigenvalue weighted by Crippen LogP contribution is 2.25. The van der Waals surface area contributed by atoms with Gasteiger partial charge in [-0.25, -0.2) is 20.2 Å². The van der Waals surface area contributed by atoms with Crippen LogP contribution in [-0.4, -0.2) is 59.8 Å². The highest BCUT2D eigenvalue weighted by molar-refractivity contribution is 5.69. The summed E-state index contributed by atoms with van der Waals surface area (Å²) in [6, 6.07) is 14.4. The lowest BCUT2D eigenvalue weighted by Crippen LogP contribution is -2.44. The molecule has 0 unspecified atom stereocenters. The van der Waals surface area contributed by atoms with E-state index in [2.05, 4.69) is 74.2 Å². The molecule has 1 aliphatic heterocycles. The third-order valence-electron chi connectivity index (χ3n) is 6.18. The number of piperazine rings is 1. The van der Waals surface area contributed by atoms with Crippen molar-refractivity contribution in [3.63, 3.8) is 0 Å². The van der Waals surface area contributed by atoms with Crippen molar-refractivity contribution in [1.82, 2.24) is 25.7 Å². The van der Waals surface area contributed by atoms with Crippen LogP contribution in [-0.2, 0) is 11.3 Å². The van der Waals surface area contributed by atoms with Crippen molar-refractivity contribution in [2.75, 3.05) is 43.4 Å². The molecule has 37 heavy (non-hydrogen) atoms. The van der Waals surface area contributed by atoms with Crippen LogP contribution in [0.25, 0.3) is 11.1 Å². The van der Waals surface area contributed by atoms with Gasteiger partial charge in [-0.05, 0) is 81.3 Å². The van der Waals surface area contributed by atoms with Crippen LogP contribution in [0.3, 0.4) is 0 Å². The van der Waals surface area contributed by atoms with E-state index in [0.717, 1.165) is 65.8 Å². The van der Waals surface area contributed by atoms with Crippen LogP contribution in [0.2, 0.25) is 0 Å². The summed E-state index contributed by atoms with van der Waals surface area (Å²) in [5, 5.41) is 3.32. The summed E-state index contributed by atoms with van der Waals surface area (Å²) >= 11 is 0. The van der Waals surface area contributed by atoms with E-state index in [0.29, 0.717) is 6.54 Å². The number of ether oxygens (including phenoxy) is 1. The standard InChI is InChI=1S/C28H37N7O2/c1-20-16-21(6-7-23(20)18-31-33-27(36)37-28(2,3)4)22-10-11-29-26(17-22)32-25-9-8-24(19-30-25)35-14-12-34(5)13-15-35/h6-11,16-17,19,31H,12-15,18H2,1-5H3,(H,33,36)(H,29,30,32). The molecule has 1 aromatic carbocycles. The van der Waals surface area contributed by atoms with Crippen molar-refractivity contribution < 1.29 is 9.53 Å². The van der Waals surface area contributed by atoms with Gasteiger partial charge in [0.15, 0.2) is 0 Å². The van der Waals surface area contributed by atoms with Gasteiger partial charge in [0.2, 0.25) is 0 Å². The van der Waals surface area contributed by atoms with Gasteiger partial charge in [0, 0.05) is 38.9 Å². The van der Waals surface area contributed by atoms with Crippen LogP contribution in [0.4, 0.5) is 22.1 Å². The Morgan fingerprint density at radius 2 is 1.73 bits per heavy atom. The third kappa shape index (κ3) is 7.65. The fourth-order valence-electron chi connectivity index (χ4n) is 4.11. The van der Waals surface area contributed by atoms with Crippen LogP contribution in [0.1, 0.15) is 31.9 Å². The minimum absolute atomic E-state index is 0.490. The molecular formula is C28H37N7O2. The van der Waals surface area contributed by atoms with Gasteiger partial charge in [-0.2, -0.15) is 0 Å². The lowest BCUT2D eigenvalue weighted by Gasteiger charge is -2.33. The highest BCUT2D eigenvalue weighted by atomic mass is 16.6. The highest BCUT2D eigenvalue weighted by Gasteiger charge is 2.16. The summed E-state index contributed by atoms with van der Waals surface area (Å²) in [6.07, 6.45) is 3.22. The molecule has 0 spiro atoms. The van der Waals surface area contributed by atoms with Crippen LogP contribution in [0, 0.1) is 6.92 Å². The van der Waals surface area contributed by atoms with Crippen molar-refractivity contribution in [2.45, 2.75) is 39.8 Å². The Morgan fingerprint density at radius 1 is 0.973 bits per heavy atom. The second kappa shape index (κ2) is 11.6. The second-order valence-electron chi connectivity index (χ2n) is 10.4. The predicted molar refractivity (Wildman–Crippen MR) is 148 cm³/mol. The van der Waals surface area contributed by atoms with E-state index in [1.165, 1.54) is 0 Å². The average molecular weight is 504 g/mol. The topological polar surface area (TPSA) is 94.7 Å². The molecule has 9 heteroatoms. The molecule has 1 aliphatic rings. The largest absolute Gasteiger partial charge is 0.443 e. The number of benzene rings is 1. The maximum Gasteiger partial charge on any atom is 0.422 e. The number of rotatable bonds is 7. The van der Waals surface area contributed by atoms with E-state index in [9.17, 15) is 4.79 Å². The summed E-state index contributed by atoms with van der Waals surface area (Å²) in [6.45, 7) is 12.2. The zero-order chi connectivity index (χ0) is 26.4. The maximum absolute atomic E-state index is 11.8. The number of carbonyl (C=O) groups excluding carboxylic acids is 1. The zero-order valence-electron chi connectivity index (χ0n) is 22.3. The maximum atomic E-state index is 11.8. The van der Waals surface area contributed by atoms with Gasteiger partial charge in [0.1, 0.15) is 17.2 Å². The summed E-state index contributed by atoms with van der Waals surface area (Å²) in [7, 11) is 2.16. The summed E-state index contributed by atoms with van der Waals surface area (Å²) < 4.78 is 5.24. The molecule has 3 N–H and O–H groups in total. The minimum atomic E-state index is -0.536. The molecule has 0 saturated carbocycles. The quantitative estimate of drug-likeness (QED) is 0.407. The number of nitrogens with one attached hydrogen (secondary N) is 3. The first-order valence-electron chi connectivity index (χ1n) is 12.6. The van der Waals surface area contributed by atoms with Crippen molar-refractivity contribution in [2.24, 2.45) is 0 Å². The number of amides is 1. The van der Waals surface area contributed by atoms with Crippen LogP contribution >= 0.6 is 0 Å². The van der Waals surface area contributed by atoms with Gasteiger partial charge >= 0.3 is 6.09 Å². The minimum Gasteiger partial charge on any atom is -0.443 e. The first-order chi connectivity index (χ1) is 17.7. The summed E-state index contributed by atoms with van der Waals surface area (Å²) in [5.74, 6) is 1.50. The molecular weight excluding hydrogens is 466 g/mol. The van der Waals surface area contributed by atoms with E-state index >= 15 is 0 Å². The Hall–Kier alpha value is -3.69. The van der Waals surface area contributed by atoms with Crippen molar-refractivity contribution in [3.05, 3.63) is 66.0 Å². The molecule has 0 atom stereocenters. The Morgan fingerprint density at radius 3 is 2.41 bits per heavy atom. The number of carbonyl (C=O) groups is 1. The lowest BCUT2D eigenvalue weighted by molar-refractivity contribution is 0.0497. The monoisotopic (exact) mass is 503 g/mol. The van der Waals surface area contributed by atoms with E-state index < -0.39 is 11.7 Å². The molecule has 3 heterocycles. The van der Waals surface area contributed by atoms with Crippen molar-refractivity contribution in [1.29, 1.82) is 0 Å². The zero-order valence-corrected chi connectivity index (χ0v) is 22.3. The fraction of sp³-hybridized carbons (Fsp3) is 0.393. The van der Waals surface area contributed by atoms with E-state index in [1.54, 1.807) is 6.20 Å². The molecule has 0 bridgehead atoms.